The summed E-state index contributed by atoms with van der Waals surface area (Å²) in [6, 6.07) is 0. The highest BCUT2D eigenvalue weighted by molar-refractivity contribution is 5.77. The third kappa shape index (κ3) is 13.3. The van der Waals surface area contributed by atoms with Crippen LogP contribution in [0.5, 0.6) is 0 Å². The van der Waals surface area contributed by atoms with Crippen LogP contribution in [0.25, 0.3) is 0 Å². The molecular weight excluding hydrogens is 877 g/mol. The molecule has 0 aromatic carbocycles. The summed E-state index contributed by atoms with van der Waals surface area (Å²) in [5.41, 5.74) is -0.809. The molecule has 6 nitrogen and oxygen atoms in total. The van der Waals surface area contributed by atoms with Crippen LogP contribution in [0.1, 0.15) is 296 Å². The summed E-state index contributed by atoms with van der Waals surface area (Å²) in [6.45, 7) is 29.6. The molecule has 0 amide bonds. The van der Waals surface area contributed by atoms with Gasteiger partial charge in [0.1, 0.15) is 16.8 Å². The molecule has 12 saturated carbocycles. The van der Waals surface area contributed by atoms with E-state index in [1.54, 1.807) is 0 Å². The molecule has 0 saturated heterocycles. The molecule has 0 aliphatic heterocycles. The summed E-state index contributed by atoms with van der Waals surface area (Å²) in [5, 5.41) is 0. The lowest BCUT2D eigenvalue weighted by Gasteiger charge is -2.62. The molecule has 0 aromatic heterocycles. The SMILES string of the molecule is C.C.C.C.C.C.CCC(C)(C)C(=O)OC(C)(C)C12CC3CC(CC(C3)C1)C2.CCC(C)C(=O)OC(C)(C)C12CC3CC(CC(C3)C1)C2.CCCCC(C)(OC(=O)C(C)(C)CC)C12CC3CC(CC(C3)C1)C2. The molecule has 0 aromatic rings. The van der Waals surface area contributed by atoms with Gasteiger partial charge >= 0.3 is 17.9 Å². The van der Waals surface area contributed by atoms with Crippen LogP contribution in [0.15, 0.2) is 0 Å². The highest BCUT2D eigenvalue weighted by atomic mass is 16.6. The summed E-state index contributed by atoms with van der Waals surface area (Å²) >= 11 is 0. The molecular formula is C65H124O6. The minimum absolute atomic E-state index is 0. The Hall–Kier alpha value is -1.59. The average molecular weight is 1000 g/mol. The van der Waals surface area contributed by atoms with Crippen molar-refractivity contribution in [3.05, 3.63) is 0 Å². The zero-order valence-electron chi connectivity index (χ0n) is 44.7. The number of unbranched alkanes of at least 4 members (excludes halogenated alkanes) is 1. The summed E-state index contributed by atoms with van der Waals surface area (Å²) in [4.78, 5) is 37.8. The maximum Gasteiger partial charge on any atom is 0.312 e. The van der Waals surface area contributed by atoms with Gasteiger partial charge in [0.05, 0.1) is 16.7 Å². The van der Waals surface area contributed by atoms with E-state index in [0.717, 1.165) is 85.4 Å². The summed E-state index contributed by atoms with van der Waals surface area (Å²) in [6.07, 6.45) is 30.5. The molecule has 71 heavy (non-hydrogen) atoms. The summed E-state index contributed by atoms with van der Waals surface area (Å²) in [5.74, 6) is 8.16. The highest BCUT2D eigenvalue weighted by Gasteiger charge is 2.62. The second-order valence-electron chi connectivity index (χ2n) is 27.9. The number of carbonyl (C=O) groups is 3. The fraction of sp³-hybridized carbons (Fsp3) is 0.954. The van der Waals surface area contributed by atoms with E-state index < -0.39 is 0 Å². The highest BCUT2D eigenvalue weighted by Crippen LogP contribution is 2.67. The van der Waals surface area contributed by atoms with Gasteiger partial charge in [-0.15, -0.1) is 0 Å². The van der Waals surface area contributed by atoms with Gasteiger partial charge in [0.25, 0.3) is 0 Å². The molecule has 2 unspecified atom stereocenters. The van der Waals surface area contributed by atoms with E-state index in [9.17, 15) is 14.4 Å². The zero-order chi connectivity index (χ0) is 47.6. The largest absolute Gasteiger partial charge is 0.459 e. The van der Waals surface area contributed by atoms with Gasteiger partial charge in [-0.3, -0.25) is 14.4 Å². The Kier molecular flexibility index (Phi) is 23.4. The van der Waals surface area contributed by atoms with Gasteiger partial charge < -0.3 is 14.2 Å². The third-order valence-electron chi connectivity index (χ3n) is 21.7. The molecule has 12 fully saturated rings. The molecule has 0 radical (unpaired) electrons. The van der Waals surface area contributed by atoms with Crippen LogP contribution in [-0.2, 0) is 28.6 Å². The van der Waals surface area contributed by atoms with Crippen LogP contribution < -0.4 is 0 Å². The van der Waals surface area contributed by atoms with E-state index in [4.69, 9.17) is 14.2 Å². The van der Waals surface area contributed by atoms with Crippen LogP contribution in [0.2, 0.25) is 0 Å². The van der Waals surface area contributed by atoms with Crippen LogP contribution in [0.3, 0.4) is 0 Å². The Morgan fingerprint density at radius 2 is 0.704 bits per heavy atom. The van der Waals surface area contributed by atoms with E-state index in [1.807, 2.05) is 34.6 Å². The van der Waals surface area contributed by atoms with Crippen molar-refractivity contribution < 1.29 is 28.6 Å². The second kappa shape index (κ2) is 24.6. The normalized spacial score (nSPS) is 35.5. The quantitative estimate of drug-likeness (QED) is 0.120. The molecule has 12 rings (SSSR count). The average Bonchev–Trinajstić information content (AvgIpc) is 3.21. The van der Waals surface area contributed by atoms with Gasteiger partial charge in [-0.05, 0) is 263 Å². The molecule has 420 valence electrons. The van der Waals surface area contributed by atoms with Crippen molar-refractivity contribution in [2.24, 2.45) is 86.3 Å². The monoisotopic (exact) mass is 1000 g/mol. The summed E-state index contributed by atoms with van der Waals surface area (Å²) in [7, 11) is 0. The second-order valence-corrected chi connectivity index (χ2v) is 27.9. The predicted molar refractivity (Wildman–Crippen MR) is 304 cm³/mol. The predicted octanol–water partition coefficient (Wildman–Crippen LogP) is 19.5. The van der Waals surface area contributed by atoms with E-state index in [-0.39, 0.29) is 112 Å². The molecule has 0 spiro atoms. The number of carbonyl (C=O) groups excluding carboxylic acids is 3. The van der Waals surface area contributed by atoms with Crippen LogP contribution in [-0.4, -0.2) is 34.7 Å². The third-order valence-corrected chi connectivity index (χ3v) is 21.7. The molecule has 12 aliphatic carbocycles. The van der Waals surface area contributed by atoms with Crippen molar-refractivity contribution in [3.8, 4) is 0 Å². The smallest absolute Gasteiger partial charge is 0.312 e. The van der Waals surface area contributed by atoms with Crippen molar-refractivity contribution in [1.82, 2.24) is 0 Å². The van der Waals surface area contributed by atoms with Crippen molar-refractivity contribution >= 4 is 17.9 Å². The van der Waals surface area contributed by atoms with Gasteiger partial charge in [-0.25, -0.2) is 0 Å². The first-order chi connectivity index (χ1) is 30.3. The number of ether oxygens (including phenoxy) is 3. The van der Waals surface area contributed by atoms with Gasteiger partial charge in [-0.2, -0.15) is 0 Å². The molecule has 0 heterocycles. The van der Waals surface area contributed by atoms with Crippen molar-refractivity contribution in [3.63, 3.8) is 0 Å². The number of hydrogen-bond acceptors (Lipinski definition) is 6. The lowest BCUT2D eigenvalue weighted by molar-refractivity contribution is -0.213. The van der Waals surface area contributed by atoms with Crippen molar-refractivity contribution in [2.45, 2.75) is 312 Å². The lowest BCUT2D eigenvalue weighted by Crippen LogP contribution is -2.59. The van der Waals surface area contributed by atoms with Gasteiger partial charge in [0.2, 0.25) is 0 Å². The van der Waals surface area contributed by atoms with E-state index in [2.05, 4.69) is 62.3 Å². The first-order valence-corrected chi connectivity index (χ1v) is 28.0. The van der Waals surface area contributed by atoms with Crippen LogP contribution >= 0.6 is 0 Å². The first-order valence-electron chi connectivity index (χ1n) is 28.0. The fourth-order valence-electron chi connectivity index (χ4n) is 17.1. The minimum atomic E-state index is -0.365. The Bertz CT molecular complexity index is 1590. The van der Waals surface area contributed by atoms with Crippen molar-refractivity contribution in [2.75, 3.05) is 0 Å². The maximum absolute atomic E-state index is 12.9. The number of hydrogen-bond donors (Lipinski definition) is 0. The number of rotatable bonds is 15. The van der Waals surface area contributed by atoms with Crippen LogP contribution in [0.4, 0.5) is 0 Å². The first kappa shape index (κ1) is 67.4. The van der Waals surface area contributed by atoms with E-state index in [0.29, 0.717) is 0 Å². The minimum Gasteiger partial charge on any atom is -0.459 e. The lowest BCUT2D eigenvalue weighted by atomic mass is 9.45. The Labute approximate surface area is 443 Å². The van der Waals surface area contributed by atoms with Gasteiger partial charge in [-0.1, -0.05) is 85.6 Å². The molecule has 12 aliphatic rings. The topological polar surface area (TPSA) is 78.9 Å². The fourth-order valence-corrected chi connectivity index (χ4v) is 17.1. The Balaban J connectivity index is 0.000000513. The van der Waals surface area contributed by atoms with Crippen molar-refractivity contribution in [1.29, 1.82) is 0 Å². The summed E-state index contributed by atoms with van der Waals surface area (Å²) < 4.78 is 18.6. The Morgan fingerprint density at radius 3 is 0.972 bits per heavy atom. The standard InChI is InChI=1S/C22H38O2.C19H32O2.C18H30O2.6CH4/c1-6-8-9-21(5,24-19(23)20(3,4)7-2)22-13-16-10-17(14-22)12-18(11-16)15-22;1-6-17(2,3)16(20)21-18(4,5)19-10-13-7-14(11-19)9-15(8-13)12-19;1-5-12(2)16(19)20-17(3,4)18-9-13-6-14(10-18)8-15(7-13)11-18;;;;;;/h16-18H,6-15H2,1-5H3;13-15H,6-12H2,1-5H3;12-15H,5-11H2,1-4H3;6*1H4. The maximum atomic E-state index is 12.9. The molecule has 0 N–H and O–H groups in total. The van der Waals surface area contributed by atoms with Gasteiger partial charge in [0, 0.05) is 16.2 Å². The van der Waals surface area contributed by atoms with Gasteiger partial charge in [0.15, 0.2) is 0 Å². The zero-order valence-corrected chi connectivity index (χ0v) is 44.7. The molecule has 2 atom stereocenters. The van der Waals surface area contributed by atoms with E-state index in [1.165, 1.54) is 122 Å². The molecule has 6 heteroatoms. The number of esters is 3. The van der Waals surface area contributed by atoms with E-state index >= 15 is 0 Å². The molecule has 12 bridgehead atoms. The van der Waals surface area contributed by atoms with Crippen LogP contribution in [0, 0.1) is 86.3 Å². The Morgan fingerprint density at radius 1 is 0.437 bits per heavy atom.